The van der Waals surface area contributed by atoms with Gasteiger partial charge in [-0.25, -0.2) is 0 Å². The Morgan fingerprint density at radius 2 is 1.69 bits per heavy atom. The fourth-order valence-corrected chi connectivity index (χ4v) is 0.407. The summed E-state index contributed by atoms with van der Waals surface area (Å²) in [5.41, 5.74) is 3.15. The van der Waals surface area contributed by atoms with Gasteiger partial charge in [0, 0.05) is 13.7 Å². The van der Waals surface area contributed by atoms with Crippen molar-refractivity contribution >= 4 is 6.72 Å². The number of nitrogens with zero attached hydrogens (tertiary/aromatic N) is 1. The molecule has 2 nitrogen and oxygen atoms in total. The molecule has 2 heteroatoms. The van der Waals surface area contributed by atoms with Crippen molar-refractivity contribution in [1.82, 2.24) is 0 Å². The smallest absolute Gasteiger partial charge is 0.0579 e. The second kappa shape index (κ2) is 9.20. The number of hydrogen-bond donors (Lipinski definition) is 0. The lowest BCUT2D eigenvalue weighted by atomic mass is 10.1. The van der Waals surface area contributed by atoms with Crippen LogP contribution < -0.4 is 0 Å². The largest absolute Gasteiger partial charge is 0.385 e. The molecule has 0 aliphatic rings. The Labute approximate surface area is 82.0 Å². The predicted molar refractivity (Wildman–Crippen MR) is 60.3 cm³/mol. The van der Waals surface area contributed by atoms with Crippen LogP contribution in [0.25, 0.3) is 0 Å². The van der Waals surface area contributed by atoms with Crippen LogP contribution in [-0.2, 0) is 4.74 Å². The summed E-state index contributed by atoms with van der Waals surface area (Å²) in [6, 6.07) is 0. The second-order valence-corrected chi connectivity index (χ2v) is 2.81. The number of allylic oxidation sites excluding steroid dienone is 2. The van der Waals surface area contributed by atoms with Gasteiger partial charge in [0.1, 0.15) is 0 Å². The van der Waals surface area contributed by atoms with Crippen LogP contribution in [0.5, 0.6) is 0 Å². The van der Waals surface area contributed by atoms with Gasteiger partial charge in [-0.15, -0.1) is 0 Å². The van der Waals surface area contributed by atoms with Gasteiger partial charge >= 0.3 is 0 Å². The molecule has 0 unspecified atom stereocenters. The molecular weight excluding hydrogens is 162 g/mol. The van der Waals surface area contributed by atoms with E-state index in [1.54, 1.807) is 7.11 Å². The molecule has 13 heavy (non-hydrogen) atoms. The lowest BCUT2D eigenvalue weighted by Gasteiger charge is -1.99. The minimum absolute atomic E-state index is 0.773. The van der Waals surface area contributed by atoms with Gasteiger partial charge < -0.3 is 4.74 Å². The third-order valence-corrected chi connectivity index (χ3v) is 1.66. The molecule has 0 amide bonds. The molecule has 0 aromatic heterocycles. The summed E-state index contributed by atoms with van der Waals surface area (Å²) in [4.78, 5) is 3.71. The van der Waals surface area contributed by atoms with Gasteiger partial charge in [-0.1, -0.05) is 12.2 Å². The number of ether oxygens (including phenoxy) is 1. The first-order chi connectivity index (χ1) is 6.01. The Kier molecular flexibility index (Phi) is 10.3. The third-order valence-electron chi connectivity index (χ3n) is 1.66. The van der Waals surface area contributed by atoms with E-state index in [0.29, 0.717) is 0 Å². The van der Waals surface area contributed by atoms with Gasteiger partial charge in [0.25, 0.3) is 0 Å². The number of hydrogen-bond acceptors (Lipinski definition) is 2. The average Bonchev–Trinajstić information content (AvgIpc) is 2.15. The van der Waals surface area contributed by atoms with Crippen LogP contribution in [0, 0.1) is 0 Å². The Hall–Kier alpha value is -0.890. The summed E-state index contributed by atoms with van der Waals surface area (Å²) in [6.45, 7) is 15.9. The van der Waals surface area contributed by atoms with Crippen molar-refractivity contribution in [3.05, 3.63) is 23.4 Å². The zero-order valence-corrected chi connectivity index (χ0v) is 9.48. The zero-order valence-electron chi connectivity index (χ0n) is 9.48. The van der Waals surface area contributed by atoms with E-state index >= 15 is 0 Å². The van der Waals surface area contributed by atoms with Crippen LogP contribution >= 0.6 is 0 Å². The van der Waals surface area contributed by atoms with Gasteiger partial charge in [-0.2, -0.15) is 0 Å². The molecule has 0 aliphatic carbocycles. The van der Waals surface area contributed by atoms with Gasteiger partial charge in [0.2, 0.25) is 0 Å². The van der Waals surface area contributed by atoms with Crippen molar-refractivity contribution in [2.24, 2.45) is 4.99 Å². The van der Waals surface area contributed by atoms with Crippen LogP contribution in [-0.4, -0.2) is 20.4 Å². The summed E-state index contributed by atoms with van der Waals surface area (Å²) in [6.07, 6.45) is 0. The molecule has 0 fully saturated rings. The van der Waals surface area contributed by atoms with Crippen LogP contribution in [0.2, 0.25) is 0 Å². The van der Waals surface area contributed by atoms with E-state index in [2.05, 4.69) is 23.0 Å². The van der Waals surface area contributed by atoms with Crippen molar-refractivity contribution in [3.63, 3.8) is 0 Å². The summed E-state index contributed by atoms with van der Waals surface area (Å²) in [5, 5.41) is 0. The lowest BCUT2D eigenvalue weighted by molar-refractivity contribution is 0.215. The normalized spacial score (nSPS) is 8.08. The summed E-state index contributed by atoms with van der Waals surface area (Å²) < 4.78 is 4.54. The highest BCUT2D eigenvalue weighted by Gasteiger charge is 1.92. The first kappa shape index (κ1) is 14.6. The topological polar surface area (TPSA) is 21.6 Å². The molecule has 0 aromatic carbocycles. The molecule has 0 spiro atoms. The summed E-state index contributed by atoms with van der Waals surface area (Å²) in [5.74, 6) is 0. The minimum Gasteiger partial charge on any atom is -0.385 e. The standard InChI is InChI=1S/C8H13N.C3H8O/c1-6(2)7(3)8(4)9-5;1-3-4-2/h4-5H2,1-3H3;3H2,1-2H3. The van der Waals surface area contributed by atoms with Crippen molar-refractivity contribution < 1.29 is 4.74 Å². The van der Waals surface area contributed by atoms with Crippen LogP contribution in [0.1, 0.15) is 27.7 Å². The Morgan fingerprint density at radius 3 is 1.77 bits per heavy atom. The zero-order chi connectivity index (χ0) is 10.9. The highest BCUT2D eigenvalue weighted by molar-refractivity contribution is 5.37. The first-order valence-corrected chi connectivity index (χ1v) is 4.30. The van der Waals surface area contributed by atoms with Crippen LogP contribution in [0.15, 0.2) is 28.4 Å². The molecule has 0 rings (SSSR count). The van der Waals surface area contributed by atoms with Crippen LogP contribution in [0.4, 0.5) is 0 Å². The predicted octanol–water partition coefficient (Wildman–Crippen LogP) is 3.21. The van der Waals surface area contributed by atoms with E-state index in [0.717, 1.165) is 17.9 Å². The molecule has 0 saturated heterocycles. The fourth-order valence-electron chi connectivity index (χ4n) is 0.407. The Morgan fingerprint density at radius 1 is 1.31 bits per heavy atom. The molecule has 0 aromatic rings. The molecule has 0 saturated carbocycles. The Balaban J connectivity index is 0. The molecule has 0 atom stereocenters. The Bertz CT molecular complexity index is 186. The van der Waals surface area contributed by atoms with E-state index in [1.165, 1.54) is 5.57 Å². The maximum Gasteiger partial charge on any atom is 0.0579 e. The fraction of sp³-hybridized carbons (Fsp3) is 0.545. The van der Waals surface area contributed by atoms with Gasteiger partial charge in [-0.05, 0) is 40.0 Å². The molecule has 0 heterocycles. The molecule has 76 valence electrons. The number of aliphatic imine (C=N–C) groups is 1. The molecule has 0 radical (unpaired) electrons. The average molecular weight is 183 g/mol. The van der Waals surface area contributed by atoms with Crippen molar-refractivity contribution in [3.8, 4) is 0 Å². The maximum absolute atomic E-state index is 4.54. The van der Waals surface area contributed by atoms with Gasteiger partial charge in [0.15, 0.2) is 0 Å². The molecule has 0 aliphatic heterocycles. The van der Waals surface area contributed by atoms with Gasteiger partial charge in [0.05, 0.1) is 5.70 Å². The summed E-state index contributed by atoms with van der Waals surface area (Å²) in [7, 11) is 1.68. The lowest BCUT2D eigenvalue weighted by Crippen LogP contribution is -1.80. The monoisotopic (exact) mass is 183 g/mol. The van der Waals surface area contributed by atoms with Crippen molar-refractivity contribution in [2.75, 3.05) is 13.7 Å². The molecular formula is C11H21NO. The highest BCUT2D eigenvalue weighted by atomic mass is 16.5. The van der Waals surface area contributed by atoms with Gasteiger partial charge in [-0.3, -0.25) is 4.99 Å². The maximum atomic E-state index is 4.54. The summed E-state index contributed by atoms with van der Waals surface area (Å²) >= 11 is 0. The third kappa shape index (κ3) is 9.02. The highest BCUT2D eigenvalue weighted by Crippen LogP contribution is 2.11. The van der Waals surface area contributed by atoms with E-state index in [1.807, 2.05) is 27.7 Å². The number of methoxy groups -OCH3 is 1. The minimum atomic E-state index is 0.773. The quantitative estimate of drug-likeness (QED) is 0.486. The van der Waals surface area contributed by atoms with E-state index in [9.17, 15) is 0 Å². The second-order valence-electron chi connectivity index (χ2n) is 2.81. The SMILES string of the molecule is C=NC(=C)C(C)=C(C)C.CCOC. The first-order valence-electron chi connectivity index (χ1n) is 4.30. The number of rotatable bonds is 3. The molecule has 0 bridgehead atoms. The van der Waals surface area contributed by atoms with Crippen LogP contribution in [0.3, 0.4) is 0 Å². The van der Waals surface area contributed by atoms with Crippen molar-refractivity contribution in [1.29, 1.82) is 0 Å². The molecule has 0 N–H and O–H groups in total. The van der Waals surface area contributed by atoms with E-state index in [4.69, 9.17) is 0 Å². The van der Waals surface area contributed by atoms with E-state index in [-0.39, 0.29) is 0 Å². The van der Waals surface area contributed by atoms with E-state index < -0.39 is 0 Å². The van der Waals surface area contributed by atoms with Crippen molar-refractivity contribution in [2.45, 2.75) is 27.7 Å².